The van der Waals surface area contributed by atoms with E-state index in [2.05, 4.69) is 49.2 Å². The molecule has 4 nitrogen and oxygen atoms in total. The van der Waals surface area contributed by atoms with Crippen LogP contribution in [0.5, 0.6) is 11.6 Å². The van der Waals surface area contributed by atoms with Gasteiger partial charge in [0.15, 0.2) is 0 Å². The Hall–Kier alpha value is -0.850. The van der Waals surface area contributed by atoms with Crippen LogP contribution in [-0.2, 0) is 13.6 Å². The lowest BCUT2D eigenvalue weighted by Crippen LogP contribution is -2.12. The third-order valence-corrected chi connectivity index (χ3v) is 4.05. The Kier molecular flexibility index (Phi) is 5.23. The van der Waals surface area contributed by atoms with Gasteiger partial charge in [-0.05, 0) is 47.6 Å². The van der Waals surface area contributed by atoms with E-state index in [1.165, 1.54) is 0 Å². The minimum atomic E-state index is 0.750. The number of benzene rings is 1. The number of nitrogens with zero attached hydrogens (tertiary/aromatic N) is 2. The summed E-state index contributed by atoms with van der Waals surface area (Å²) in [6.07, 6.45) is 0. The van der Waals surface area contributed by atoms with Crippen molar-refractivity contribution in [3.05, 3.63) is 38.4 Å². The van der Waals surface area contributed by atoms with Gasteiger partial charge >= 0.3 is 0 Å². The second-order valence-corrected chi connectivity index (χ2v) is 6.22. The van der Waals surface area contributed by atoms with Crippen molar-refractivity contribution >= 4 is 31.9 Å². The summed E-state index contributed by atoms with van der Waals surface area (Å²) in [7, 11) is 1.89. The molecule has 0 fully saturated rings. The highest BCUT2D eigenvalue weighted by molar-refractivity contribution is 9.11. The Morgan fingerprint density at radius 1 is 1.35 bits per heavy atom. The van der Waals surface area contributed by atoms with Crippen molar-refractivity contribution in [1.82, 2.24) is 15.1 Å². The van der Waals surface area contributed by atoms with E-state index in [1.54, 1.807) is 4.68 Å². The van der Waals surface area contributed by atoms with Crippen LogP contribution in [0.15, 0.2) is 27.1 Å². The zero-order valence-electron chi connectivity index (χ0n) is 11.7. The van der Waals surface area contributed by atoms with Crippen LogP contribution in [0.2, 0.25) is 0 Å². The predicted octanol–water partition coefficient (Wildman–Crippen LogP) is 4.16. The van der Waals surface area contributed by atoms with Crippen LogP contribution in [0, 0.1) is 6.92 Å². The van der Waals surface area contributed by atoms with Crippen LogP contribution in [0.1, 0.15) is 18.2 Å². The number of aryl methyl sites for hydroxylation is 2. The fourth-order valence-electron chi connectivity index (χ4n) is 1.92. The zero-order chi connectivity index (χ0) is 14.7. The molecule has 1 aromatic heterocycles. The molecule has 0 aliphatic carbocycles. The van der Waals surface area contributed by atoms with Gasteiger partial charge in [0.1, 0.15) is 5.75 Å². The number of hydrogen-bond donors (Lipinski definition) is 1. The lowest BCUT2D eigenvalue weighted by Gasteiger charge is -2.11. The van der Waals surface area contributed by atoms with Gasteiger partial charge < -0.3 is 10.1 Å². The minimum absolute atomic E-state index is 0.750. The van der Waals surface area contributed by atoms with Crippen molar-refractivity contribution < 1.29 is 4.74 Å². The number of rotatable bonds is 5. The lowest BCUT2D eigenvalue weighted by molar-refractivity contribution is 0.422. The largest absolute Gasteiger partial charge is 0.438 e. The molecule has 0 bridgehead atoms. The van der Waals surface area contributed by atoms with Crippen molar-refractivity contribution in [3.63, 3.8) is 0 Å². The fourth-order valence-corrected chi connectivity index (χ4v) is 3.05. The van der Waals surface area contributed by atoms with Crippen molar-refractivity contribution in [1.29, 1.82) is 0 Å². The van der Waals surface area contributed by atoms with Gasteiger partial charge in [-0.1, -0.05) is 22.9 Å². The fraction of sp³-hybridized carbons (Fsp3) is 0.357. The Labute approximate surface area is 135 Å². The van der Waals surface area contributed by atoms with E-state index < -0.39 is 0 Å². The molecule has 0 radical (unpaired) electrons. The molecule has 2 aromatic rings. The molecule has 0 amide bonds. The number of aromatic nitrogens is 2. The van der Waals surface area contributed by atoms with Crippen molar-refractivity contribution in [2.45, 2.75) is 20.4 Å². The van der Waals surface area contributed by atoms with E-state index >= 15 is 0 Å². The second-order valence-electron chi connectivity index (χ2n) is 4.45. The highest BCUT2D eigenvalue weighted by Gasteiger charge is 2.16. The van der Waals surface area contributed by atoms with Crippen LogP contribution in [0.3, 0.4) is 0 Å². The first-order chi connectivity index (χ1) is 9.52. The lowest BCUT2D eigenvalue weighted by atomic mass is 10.2. The predicted molar refractivity (Wildman–Crippen MR) is 87.2 cm³/mol. The van der Waals surface area contributed by atoms with Crippen molar-refractivity contribution in [2.24, 2.45) is 7.05 Å². The van der Waals surface area contributed by atoms with Crippen molar-refractivity contribution in [2.75, 3.05) is 6.54 Å². The average molecular weight is 403 g/mol. The van der Waals surface area contributed by atoms with Crippen LogP contribution < -0.4 is 10.1 Å². The number of hydrogen-bond acceptors (Lipinski definition) is 3. The second kappa shape index (κ2) is 6.74. The third kappa shape index (κ3) is 3.42. The van der Waals surface area contributed by atoms with Crippen LogP contribution in [-0.4, -0.2) is 16.3 Å². The molecule has 0 aliphatic heterocycles. The standard InChI is InChI=1S/C14H17Br2N3O/c1-4-17-8-11-9(2)18-19(3)14(11)20-13-6-5-10(15)7-12(13)16/h5-7,17H,4,8H2,1-3H3. The summed E-state index contributed by atoms with van der Waals surface area (Å²) >= 11 is 6.95. The normalized spacial score (nSPS) is 10.8. The van der Waals surface area contributed by atoms with E-state index in [9.17, 15) is 0 Å². The van der Waals surface area contributed by atoms with Crippen LogP contribution in [0.25, 0.3) is 0 Å². The Balaban J connectivity index is 2.32. The van der Waals surface area contributed by atoms with E-state index in [1.807, 2.05) is 32.2 Å². The number of ether oxygens (including phenoxy) is 1. The summed E-state index contributed by atoms with van der Waals surface area (Å²) in [5, 5.41) is 7.75. The minimum Gasteiger partial charge on any atom is -0.438 e. The first-order valence-electron chi connectivity index (χ1n) is 6.39. The summed E-state index contributed by atoms with van der Waals surface area (Å²) in [5.74, 6) is 1.54. The molecule has 0 unspecified atom stereocenters. The summed E-state index contributed by atoms with van der Waals surface area (Å²) in [4.78, 5) is 0. The molecule has 0 atom stereocenters. The smallest absolute Gasteiger partial charge is 0.222 e. The maximum absolute atomic E-state index is 6.04. The van der Waals surface area contributed by atoms with Gasteiger partial charge in [-0.2, -0.15) is 5.10 Å². The zero-order valence-corrected chi connectivity index (χ0v) is 14.9. The molecule has 1 heterocycles. The molecule has 2 rings (SSSR count). The monoisotopic (exact) mass is 401 g/mol. The molecular formula is C14H17Br2N3O. The summed E-state index contributed by atoms with van der Waals surface area (Å²) in [5.41, 5.74) is 2.07. The highest BCUT2D eigenvalue weighted by atomic mass is 79.9. The van der Waals surface area contributed by atoms with Gasteiger partial charge in [0.25, 0.3) is 0 Å². The Morgan fingerprint density at radius 2 is 2.10 bits per heavy atom. The molecule has 0 saturated carbocycles. The van der Waals surface area contributed by atoms with Gasteiger partial charge in [0, 0.05) is 18.1 Å². The number of halogens is 2. The third-order valence-electron chi connectivity index (χ3n) is 2.94. The highest BCUT2D eigenvalue weighted by Crippen LogP contribution is 2.34. The summed E-state index contributed by atoms with van der Waals surface area (Å²) < 4.78 is 9.72. The van der Waals surface area contributed by atoms with Gasteiger partial charge in [-0.25, -0.2) is 4.68 Å². The molecule has 0 saturated heterocycles. The molecule has 6 heteroatoms. The maximum Gasteiger partial charge on any atom is 0.222 e. The van der Waals surface area contributed by atoms with Gasteiger partial charge in [-0.3, -0.25) is 0 Å². The molecule has 108 valence electrons. The van der Waals surface area contributed by atoms with Gasteiger partial charge in [0.05, 0.1) is 15.7 Å². The Morgan fingerprint density at radius 3 is 2.75 bits per heavy atom. The molecule has 20 heavy (non-hydrogen) atoms. The van der Waals surface area contributed by atoms with E-state index in [0.29, 0.717) is 0 Å². The summed E-state index contributed by atoms with van der Waals surface area (Å²) in [6, 6.07) is 5.84. The first-order valence-corrected chi connectivity index (χ1v) is 7.97. The van der Waals surface area contributed by atoms with Gasteiger partial charge in [0.2, 0.25) is 5.88 Å². The summed E-state index contributed by atoms with van der Waals surface area (Å²) in [6.45, 7) is 5.74. The van der Waals surface area contributed by atoms with Gasteiger partial charge in [-0.15, -0.1) is 0 Å². The average Bonchev–Trinajstić information content (AvgIpc) is 2.65. The first kappa shape index (κ1) is 15.5. The number of nitrogens with one attached hydrogen (secondary N) is 1. The SMILES string of the molecule is CCNCc1c(C)nn(C)c1Oc1ccc(Br)cc1Br. The van der Waals surface area contributed by atoms with Crippen molar-refractivity contribution in [3.8, 4) is 11.6 Å². The van der Waals surface area contributed by atoms with Crippen LogP contribution >= 0.6 is 31.9 Å². The topological polar surface area (TPSA) is 39.1 Å². The molecule has 1 aromatic carbocycles. The molecule has 1 N–H and O–H groups in total. The van der Waals surface area contributed by atoms with E-state index in [4.69, 9.17) is 4.74 Å². The Bertz CT molecular complexity index is 611. The maximum atomic E-state index is 6.04. The van der Waals surface area contributed by atoms with Crippen LogP contribution in [0.4, 0.5) is 0 Å². The molecule has 0 aliphatic rings. The molecule has 0 spiro atoms. The van der Waals surface area contributed by atoms with E-state index in [-0.39, 0.29) is 0 Å². The molecular weight excluding hydrogens is 386 g/mol. The van der Waals surface area contributed by atoms with E-state index in [0.717, 1.165) is 44.9 Å². The quantitative estimate of drug-likeness (QED) is 0.816.